The number of ketones is 1. The third-order valence-electron chi connectivity index (χ3n) is 5.06. The van der Waals surface area contributed by atoms with Crippen molar-refractivity contribution < 1.29 is 14.3 Å². The van der Waals surface area contributed by atoms with Gasteiger partial charge in [-0.2, -0.15) is 0 Å². The molecule has 1 aliphatic rings. The van der Waals surface area contributed by atoms with E-state index in [9.17, 15) is 14.4 Å². The fourth-order valence-electron chi connectivity index (χ4n) is 3.42. The van der Waals surface area contributed by atoms with E-state index in [-0.39, 0.29) is 29.6 Å². The van der Waals surface area contributed by atoms with Crippen LogP contribution in [0.3, 0.4) is 0 Å². The largest absolute Gasteiger partial charge is 0.482 e. The number of carbonyl (C=O) groups excluding carboxylic acids is 2. The number of Topliss-reactive ketones (excluding diaryl/α,β-unsaturated/α-hetero) is 1. The average Bonchev–Trinajstić information content (AvgIpc) is 3.22. The minimum absolute atomic E-state index is 0.0357. The first-order valence-electron chi connectivity index (χ1n) is 9.79. The van der Waals surface area contributed by atoms with Gasteiger partial charge in [-0.05, 0) is 30.7 Å². The Morgan fingerprint density at radius 2 is 2.00 bits per heavy atom. The average molecular weight is 464 g/mol. The van der Waals surface area contributed by atoms with E-state index in [1.807, 2.05) is 36.6 Å². The molecule has 2 aromatic heterocycles. The smallest absolute Gasteiger partial charge is 0.262 e. The van der Waals surface area contributed by atoms with Gasteiger partial charge in [0.15, 0.2) is 17.5 Å². The lowest BCUT2D eigenvalue weighted by Gasteiger charge is -2.18. The Bertz CT molecular complexity index is 1420. The molecule has 2 aromatic carbocycles. The summed E-state index contributed by atoms with van der Waals surface area (Å²) < 4.78 is 5.32. The summed E-state index contributed by atoms with van der Waals surface area (Å²) in [5.41, 5.74) is 3.67. The summed E-state index contributed by atoms with van der Waals surface area (Å²) in [7, 11) is 0. The lowest BCUT2D eigenvalue weighted by molar-refractivity contribution is -0.118. The summed E-state index contributed by atoms with van der Waals surface area (Å²) in [6, 6.07) is 12.9. The lowest BCUT2D eigenvalue weighted by Crippen LogP contribution is -2.25. The molecule has 2 N–H and O–H groups in total. The molecule has 4 aromatic rings. The molecule has 0 spiro atoms. The summed E-state index contributed by atoms with van der Waals surface area (Å²) in [5, 5.41) is 5.57. The molecule has 0 radical (unpaired) electrons. The van der Waals surface area contributed by atoms with Crippen LogP contribution in [0.1, 0.15) is 15.9 Å². The highest BCUT2D eigenvalue weighted by Gasteiger charge is 2.19. The first kappa shape index (κ1) is 20.5. The zero-order valence-electron chi connectivity index (χ0n) is 16.9. The second kappa shape index (κ2) is 8.25. The minimum Gasteiger partial charge on any atom is -0.482 e. The topological polar surface area (TPSA) is 101 Å². The van der Waals surface area contributed by atoms with Crippen molar-refractivity contribution in [3.05, 3.63) is 69.3 Å². The van der Waals surface area contributed by atoms with Crippen LogP contribution in [0.15, 0.2) is 57.8 Å². The normalized spacial score (nSPS) is 12.8. The molecule has 32 heavy (non-hydrogen) atoms. The first-order chi connectivity index (χ1) is 15.5. The van der Waals surface area contributed by atoms with Gasteiger partial charge in [-0.15, -0.1) is 11.3 Å². The molecule has 9 heteroatoms. The highest BCUT2D eigenvalue weighted by Crippen LogP contribution is 2.32. The number of aromatic amines is 1. The molecule has 0 bridgehead atoms. The number of anilines is 1. The SMILES string of the molecule is Cc1ccc(-c2csc3nc(SCC(=O)c4ccc5c(c4)NC(=O)CO5)[nH]c(=O)c23)cc1. The van der Waals surface area contributed by atoms with Gasteiger partial charge in [0.05, 0.1) is 16.8 Å². The van der Waals surface area contributed by atoms with E-state index >= 15 is 0 Å². The van der Waals surface area contributed by atoms with Crippen molar-refractivity contribution in [2.45, 2.75) is 12.1 Å². The fourth-order valence-corrected chi connectivity index (χ4v) is 5.18. The molecule has 160 valence electrons. The second-order valence-corrected chi connectivity index (χ2v) is 9.15. The maximum absolute atomic E-state index is 12.8. The zero-order chi connectivity index (χ0) is 22.2. The number of nitrogens with zero attached hydrogens (tertiary/aromatic N) is 1. The molecular weight excluding hydrogens is 446 g/mol. The summed E-state index contributed by atoms with van der Waals surface area (Å²) in [6.07, 6.45) is 0. The number of benzene rings is 2. The molecule has 1 aliphatic heterocycles. The number of thiophene rings is 1. The monoisotopic (exact) mass is 463 g/mol. The van der Waals surface area contributed by atoms with Crippen LogP contribution in [0.4, 0.5) is 5.69 Å². The number of nitrogens with one attached hydrogen (secondary N) is 2. The van der Waals surface area contributed by atoms with E-state index in [1.54, 1.807) is 18.2 Å². The van der Waals surface area contributed by atoms with Crippen molar-refractivity contribution in [1.29, 1.82) is 0 Å². The Labute approximate surface area is 190 Å². The van der Waals surface area contributed by atoms with Crippen molar-refractivity contribution in [3.63, 3.8) is 0 Å². The predicted molar refractivity (Wildman–Crippen MR) is 126 cm³/mol. The molecule has 7 nitrogen and oxygen atoms in total. The van der Waals surface area contributed by atoms with Crippen LogP contribution in [-0.2, 0) is 4.79 Å². The second-order valence-electron chi connectivity index (χ2n) is 7.33. The third kappa shape index (κ3) is 3.92. The Hall–Kier alpha value is -3.43. The standard InChI is InChI=1S/C23H17N3O4S2/c1-12-2-4-13(5-3-12)15-10-31-22-20(15)21(29)25-23(26-22)32-11-17(27)14-6-7-18-16(8-14)24-19(28)9-30-18/h2-8,10H,9,11H2,1H3,(H,24,28)(H,25,26,29). The predicted octanol–water partition coefficient (Wildman–Crippen LogP) is 4.27. The number of hydrogen-bond donors (Lipinski definition) is 2. The summed E-state index contributed by atoms with van der Waals surface area (Å²) >= 11 is 2.57. The van der Waals surface area contributed by atoms with Crippen molar-refractivity contribution in [2.75, 3.05) is 17.7 Å². The summed E-state index contributed by atoms with van der Waals surface area (Å²) in [4.78, 5) is 44.9. The maximum atomic E-state index is 12.8. The summed E-state index contributed by atoms with van der Waals surface area (Å²) in [6.45, 7) is 1.98. The Morgan fingerprint density at radius 1 is 1.19 bits per heavy atom. The number of thioether (sulfide) groups is 1. The lowest BCUT2D eigenvalue weighted by atomic mass is 10.1. The number of ether oxygens (including phenoxy) is 1. The molecule has 0 aliphatic carbocycles. The Balaban J connectivity index is 1.35. The van der Waals surface area contributed by atoms with E-state index < -0.39 is 0 Å². The van der Waals surface area contributed by atoms with E-state index in [0.29, 0.717) is 32.4 Å². The zero-order valence-corrected chi connectivity index (χ0v) is 18.6. The van der Waals surface area contributed by atoms with Gasteiger partial charge in [-0.25, -0.2) is 4.98 Å². The molecule has 0 atom stereocenters. The van der Waals surface area contributed by atoms with Crippen molar-refractivity contribution >= 4 is 50.7 Å². The number of fused-ring (bicyclic) bond motifs is 2. The molecule has 0 fully saturated rings. The summed E-state index contributed by atoms with van der Waals surface area (Å²) in [5.74, 6) is 0.227. The molecular formula is C23H17N3O4S2. The first-order valence-corrected chi connectivity index (χ1v) is 11.7. The van der Waals surface area contributed by atoms with Crippen molar-refractivity contribution in [3.8, 4) is 16.9 Å². The van der Waals surface area contributed by atoms with Crippen LogP contribution in [0.5, 0.6) is 5.75 Å². The van der Waals surface area contributed by atoms with Gasteiger partial charge in [0.25, 0.3) is 11.5 Å². The van der Waals surface area contributed by atoms with Gasteiger partial charge in [-0.1, -0.05) is 41.6 Å². The molecule has 3 heterocycles. The number of aryl methyl sites for hydroxylation is 1. The maximum Gasteiger partial charge on any atom is 0.262 e. The number of aromatic nitrogens is 2. The van der Waals surface area contributed by atoms with Gasteiger partial charge in [0.1, 0.15) is 10.6 Å². The van der Waals surface area contributed by atoms with E-state index in [4.69, 9.17) is 4.74 Å². The van der Waals surface area contributed by atoms with E-state index in [0.717, 1.165) is 16.7 Å². The fraction of sp³-hybridized carbons (Fsp3) is 0.130. The third-order valence-corrected chi connectivity index (χ3v) is 6.80. The molecule has 0 unspecified atom stereocenters. The van der Waals surface area contributed by atoms with Crippen molar-refractivity contribution in [2.24, 2.45) is 0 Å². The van der Waals surface area contributed by atoms with Crippen LogP contribution >= 0.6 is 23.1 Å². The highest BCUT2D eigenvalue weighted by molar-refractivity contribution is 7.99. The van der Waals surface area contributed by atoms with E-state index in [1.165, 1.54) is 23.1 Å². The molecule has 0 saturated carbocycles. The van der Waals surface area contributed by atoms with Crippen LogP contribution in [0, 0.1) is 6.92 Å². The molecule has 1 amide bonds. The Kier molecular flexibility index (Phi) is 5.28. The highest BCUT2D eigenvalue weighted by atomic mass is 32.2. The van der Waals surface area contributed by atoms with Crippen LogP contribution in [0.2, 0.25) is 0 Å². The van der Waals surface area contributed by atoms with Gasteiger partial charge < -0.3 is 15.0 Å². The van der Waals surface area contributed by atoms with Crippen LogP contribution < -0.4 is 15.6 Å². The molecule has 5 rings (SSSR count). The quantitative estimate of drug-likeness (QED) is 0.260. The number of carbonyl (C=O) groups is 2. The van der Waals surface area contributed by atoms with Gasteiger partial charge in [0, 0.05) is 16.5 Å². The van der Waals surface area contributed by atoms with E-state index in [2.05, 4.69) is 15.3 Å². The van der Waals surface area contributed by atoms with Crippen molar-refractivity contribution in [1.82, 2.24) is 9.97 Å². The van der Waals surface area contributed by atoms with Crippen LogP contribution in [0.25, 0.3) is 21.3 Å². The minimum atomic E-state index is -0.257. The van der Waals surface area contributed by atoms with Gasteiger partial charge in [-0.3, -0.25) is 14.4 Å². The number of rotatable bonds is 5. The Morgan fingerprint density at radius 3 is 2.81 bits per heavy atom. The van der Waals surface area contributed by atoms with Crippen LogP contribution in [-0.4, -0.2) is 34.0 Å². The number of H-pyrrole nitrogens is 1. The molecule has 0 saturated heterocycles. The number of hydrogen-bond acceptors (Lipinski definition) is 7. The van der Waals surface area contributed by atoms with Gasteiger partial charge >= 0.3 is 0 Å². The number of amides is 1. The van der Waals surface area contributed by atoms with Gasteiger partial charge in [0.2, 0.25) is 0 Å².